The Morgan fingerprint density at radius 3 is 1.40 bits per heavy atom. The van der Waals surface area contributed by atoms with E-state index in [2.05, 4.69) is 219 Å². The largest absolute Gasteiger partial charge is 0.310 e. The first-order chi connectivity index (χ1) is 26.0. The van der Waals surface area contributed by atoms with Crippen molar-refractivity contribution in [3.8, 4) is 33.4 Å². The molecule has 2 aliphatic rings. The van der Waals surface area contributed by atoms with Crippen molar-refractivity contribution < 1.29 is 0 Å². The molecule has 10 rings (SSSR count). The van der Waals surface area contributed by atoms with Crippen molar-refractivity contribution in [3.63, 3.8) is 0 Å². The van der Waals surface area contributed by atoms with E-state index in [1.807, 2.05) is 0 Å². The normalized spacial score (nSPS) is 14.2. The molecule has 1 spiro atoms. The molecule has 0 amide bonds. The van der Waals surface area contributed by atoms with Gasteiger partial charge in [0.25, 0.3) is 0 Å². The van der Waals surface area contributed by atoms with Crippen LogP contribution in [0.3, 0.4) is 0 Å². The molecule has 1 heteroatoms. The molecule has 1 nitrogen and oxygen atoms in total. The Labute approximate surface area is 312 Å². The topological polar surface area (TPSA) is 3.24 Å². The highest BCUT2D eigenvalue weighted by Crippen LogP contribution is 2.62. The summed E-state index contributed by atoms with van der Waals surface area (Å²) in [5.74, 6) is 0. The van der Waals surface area contributed by atoms with E-state index in [9.17, 15) is 0 Å². The second-order valence-electron chi connectivity index (χ2n) is 14.9. The van der Waals surface area contributed by atoms with E-state index in [0.717, 1.165) is 17.1 Å². The fraction of sp³-hybridized carbons (Fsp3) is 0.0769. The molecule has 0 heterocycles. The maximum absolute atomic E-state index is 2.44. The summed E-state index contributed by atoms with van der Waals surface area (Å²) in [6.45, 7) is 4.76. The molecule has 8 aromatic carbocycles. The fourth-order valence-corrected chi connectivity index (χ4v) is 9.33. The molecule has 0 aromatic heterocycles. The lowest BCUT2D eigenvalue weighted by molar-refractivity contribution is 0.563. The van der Waals surface area contributed by atoms with Crippen molar-refractivity contribution in [2.75, 3.05) is 4.90 Å². The van der Waals surface area contributed by atoms with Gasteiger partial charge in [0.2, 0.25) is 0 Å². The van der Waals surface area contributed by atoms with Gasteiger partial charge in [-0.05, 0) is 103 Å². The summed E-state index contributed by atoms with van der Waals surface area (Å²) >= 11 is 0. The Bertz CT molecular complexity index is 2580. The number of benzene rings is 8. The van der Waals surface area contributed by atoms with Crippen molar-refractivity contribution in [1.82, 2.24) is 0 Å². The van der Waals surface area contributed by atoms with E-state index in [1.54, 1.807) is 0 Å². The van der Waals surface area contributed by atoms with Gasteiger partial charge in [-0.1, -0.05) is 178 Å². The van der Waals surface area contributed by atoms with Gasteiger partial charge in [-0.15, -0.1) is 0 Å². The zero-order valence-corrected chi connectivity index (χ0v) is 30.0. The van der Waals surface area contributed by atoms with Gasteiger partial charge in [-0.3, -0.25) is 0 Å². The fourth-order valence-electron chi connectivity index (χ4n) is 9.33. The minimum Gasteiger partial charge on any atom is -0.310 e. The lowest BCUT2D eigenvalue weighted by Gasteiger charge is -2.46. The summed E-state index contributed by atoms with van der Waals surface area (Å²) < 4.78 is 0. The van der Waals surface area contributed by atoms with E-state index in [0.29, 0.717) is 0 Å². The molecular weight excluding hydrogens is 639 g/mol. The van der Waals surface area contributed by atoms with Crippen molar-refractivity contribution in [3.05, 3.63) is 234 Å². The Hall–Kier alpha value is -6.44. The molecule has 0 fully saturated rings. The van der Waals surface area contributed by atoms with Crippen LogP contribution in [0.4, 0.5) is 17.1 Å². The van der Waals surface area contributed by atoms with Crippen LogP contribution in [0.2, 0.25) is 0 Å². The second kappa shape index (κ2) is 12.1. The minimum absolute atomic E-state index is 0.122. The molecule has 0 atom stereocenters. The van der Waals surface area contributed by atoms with Gasteiger partial charge < -0.3 is 4.90 Å². The quantitative estimate of drug-likeness (QED) is 0.175. The second-order valence-corrected chi connectivity index (χ2v) is 14.9. The first kappa shape index (κ1) is 31.3. The van der Waals surface area contributed by atoms with Gasteiger partial charge in [0.05, 0.1) is 5.41 Å². The number of rotatable bonds is 5. The molecule has 0 saturated heterocycles. The van der Waals surface area contributed by atoms with Crippen LogP contribution in [-0.2, 0) is 10.8 Å². The molecular formula is C52H39N. The Balaban J connectivity index is 1.20. The molecule has 252 valence electrons. The molecule has 0 radical (unpaired) electrons. The molecule has 0 aliphatic heterocycles. The van der Waals surface area contributed by atoms with Crippen molar-refractivity contribution in [2.45, 2.75) is 24.7 Å². The maximum atomic E-state index is 2.44. The Morgan fingerprint density at radius 1 is 0.302 bits per heavy atom. The van der Waals surface area contributed by atoms with Crippen LogP contribution in [0, 0.1) is 0 Å². The van der Waals surface area contributed by atoms with Crippen LogP contribution in [0.5, 0.6) is 0 Å². The van der Waals surface area contributed by atoms with Gasteiger partial charge in [0.1, 0.15) is 0 Å². The van der Waals surface area contributed by atoms with Crippen LogP contribution >= 0.6 is 0 Å². The zero-order valence-electron chi connectivity index (χ0n) is 30.0. The zero-order chi connectivity index (χ0) is 35.6. The highest BCUT2D eigenvalue weighted by Gasteiger charge is 2.53. The van der Waals surface area contributed by atoms with E-state index in [1.165, 1.54) is 66.8 Å². The predicted molar refractivity (Wildman–Crippen MR) is 221 cm³/mol. The average Bonchev–Trinajstić information content (AvgIpc) is 3.52. The lowest BCUT2D eigenvalue weighted by Crippen LogP contribution is -2.40. The lowest BCUT2D eigenvalue weighted by atomic mass is 9.55. The van der Waals surface area contributed by atoms with E-state index in [-0.39, 0.29) is 5.41 Å². The van der Waals surface area contributed by atoms with Crippen molar-refractivity contribution >= 4 is 17.1 Å². The van der Waals surface area contributed by atoms with Crippen molar-refractivity contribution in [1.29, 1.82) is 0 Å². The first-order valence-electron chi connectivity index (χ1n) is 18.6. The van der Waals surface area contributed by atoms with Crippen LogP contribution in [0.1, 0.15) is 47.2 Å². The minimum atomic E-state index is -0.414. The molecule has 0 unspecified atom stereocenters. The summed E-state index contributed by atoms with van der Waals surface area (Å²) in [6, 6.07) is 73.8. The molecule has 2 aliphatic carbocycles. The molecule has 0 saturated carbocycles. The number of hydrogen-bond acceptors (Lipinski definition) is 1. The summed E-state index contributed by atoms with van der Waals surface area (Å²) in [6.07, 6.45) is 0. The van der Waals surface area contributed by atoms with E-state index >= 15 is 0 Å². The first-order valence-corrected chi connectivity index (χ1v) is 18.6. The Kier molecular flexibility index (Phi) is 7.13. The number of nitrogens with zero attached hydrogens (tertiary/aromatic N) is 1. The van der Waals surface area contributed by atoms with Gasteiger partial charge >= 0.3 is 0 Å². The monoisotopic (exact) mass is 677 g/mol. The third kappa shape index (κ3) is 4.70. The van der Waals surface area contributed by atoms with Crippen molar-refractivity contribution in [2.24, 2.45) is 0 Å². The van der Waals surface area contributed by atoms with Gasteiger partial charge in [-0.2, -0.15) is 0 Å². The maximum Gasteiger partial charge on any atom is 0.0719 e. The number of hydrogen-bond donors (Lipinski definition) is 0. The standard InChI is InChI=1S/C52H39N/c1-51(2)47-24-11-13-26-49(47)52(50-27-14-12-25-48(50)51)45-23-10-9-22-43(45)44-35-42(32-33-46(44)52)53(40-30-28-38(29-31-40)36-16-5-3-6-17-36)41-21-15-20-39(34-41)37-18-7-4-8-19-37/h3-35H,1-2H3. The molecule has 0 N–H and O–H groups in total. The van der Waals surface area contributed by atoms with Crippen LogP contribution in [-0.4, -0.2) is 0 Å². The summed E-state index contributed by atoms with van der Waals surface area (Å²) in [7, 11) is 0. The third-order valence-corrected chi connectivity index (χ3v) is 11.7. The third-order valence-electron chi connectivity index (χ3n) is 11.7. The van der Waals surface area contributed by atoms with Crippen LogP contribution < -0.4 is 4.90 Å². The number of fused-ring (bicyclic) bond motifs is 9. The summed E-state index contributed by atoms with van der Waals surface area (Å²) in [5.41, 5.74) is 18.5. The van der Waals surface area contributed by atoms with E-state index in [4.69, 9.17) is 0 Å². The Morgan fingerprint density at radius 2 is 0.755 bits per heavy atom. The van der Waals surface area contributed by atoms with Gasteiger partial charge in [0.15, 0.2) is 0 Å². The van der Waals surface area contributed by atoms with Crippen LogP contribution in [0.15, 0.2) is 200 Å². The average molecular weight is 678 g/mol. The molecule has 53 heavy (non-hydrogen) atoms. The SMILES string of the molecule is CC1(C)c2ccccc2C2(c3ccccc3-c3cc(N(c4ccc(-c5ccccc5)cc4)c4cccc(-c5ccccc5)c4)ccc32)c2ccccc21. The highest BCUT2D eigenvalue weighted by molar-refractivity contribution is 5.92. The molecule has 8 aromatic rings. The smallest absolute Gasteiger partial charge is 0.0719 e. The van der Waals surface area contributed by atoms with E-state index < -0.39 is 5.41 Å². The van der Waals surface area contributed by atoms with Gasteiger partial charge in [0, 0.05) is 22.5 Å². The highest BCUT2D eigenvalue weighted by atomic mass is 15.1. The summed E-state index contributed by atoms with van der Waals surface area (Å²) in [5, 5.41) is 0. The molecule has 0 bridgehead atoms. The number of anilines is 3. The summed E-state index contributed by atoms with van der Waals surface area (Å²) in [4.78, 5) is 2.42. The predicted octanol–water partition coefficient (Wildman–Crippen LogP) is 13.5. The van der Waals surface area contributed by atoms with Gasteiger partial charge in [-0.25, -0.2) is 0 Å². The van der Waals surface area contributed by atoms with Crippen LogP contribution in [0.25, 0.3) is 33.4 Å².